The van der Waals surface area contributed by atoms with E-state index < -0.39 is 17.9 Å². The standard InChI is InChI=1S/3C4H6O2.Eu/c3*1-3(2)4(5)6;/h3*1H2,2H3,(H,5,6);. The van der Waals surface area contributed by atoms with Crippen molar-refractivity contribution in [1.29, 1.82) is 0 Å². The van der Waals surface area contributed by atoms with Gasteiger partial charge >= 0.3 is 17.9 Å². The zero-order chi connectivity index (χ0) is 15.5. The number of hydrogen-bond donors (Lipinski definition) is 3. The Morgan fingerprint density at radius 3 is 0.684 bits per heavy atom. The summed E-state index contributed by atoms with van der Waals surface area (Å²) in [5.41, 5.74) is 0.528. The second-order valence-electron chi connectivity index (χ2n) is 3.26. The topological polar surface area (TPSA) is 112 Å². The van der Waals surface area contributed by atoms with Crippen LogP contribution in [0.2, 0.25) is 0 Å². The Hall–Kier alpha value is -0.786. The maximum Gasteiger partial charge on any atom is 0.330 e. The normalized spacial score (nSPS) is 7.11. The zero-order valence-corrected chi connectivity index (χ0v) is 13.5. The minimum absolute atomic E-state index is 0. The van der Waals surface area contributed by atoms with Gasteiger partial charge in [-0.25, -0.2) is 14.4 Å². The second kappa shape index (κ2) is 15.3. The molecule has 6 nitrogen and oxygen atoms in total. The van der Waals surface area contributed by atoms with Gasteiger partial charge in [0.1, 0.15) is 0 Å². The molecule has 0 unspecified atom stereocenters. The molecule has 0 aliphatic carbocycles. The van der Waals surface area contributed by atoms with Crippen molar-refractivity contribution < 1.29 is 79.1 Å². The first kappa shape index (κ1) is 26.7. The molecule has 0 saturated heterocycles. The van der Waals surface area contributed by atoms with Gasteiger partial charge in [0, 0.05) is 66.1 Å². The van der Waals surface area contributed by atoms with E-state index >= 15 is 0 Å². The van der Waals surface area contributed by atoms with Crippen molar-refractivity contribution in [1.82, 2.24) is 0 Å². The van der Waals surface area contributed by atoms with Crippen molar-refractivity contribution in [3.63, 3.8) is 0 Å². The average molecular weight is 410 g/mol. The van der Waals surface area contributed by atoms with Gasteiger partial charge in [0.2, 0.25) is 0 Å². The molecule has 0 amide bonds. The van der Waals surface area contributed by atoms with Crippen LogP contribution in [0.4, 0.5) is 0 Å². The van der Waals surface area contributed by atoms with Gasteiger partial charge in [0.15, 0.2) is 0 Å². The number of carbonyl (C=O) groups is 3. The monoisotopic (exact) mass is 411 g/mol. The van der Waals surface area contributed by atoms with Crippen LogP contribution in [0.15, 0.2) is 36.5 Å². The average Bonchev–Trinajstić information content (AvgIpc) is 2.18. The Bertz CT molecular complexity index is 277. The van der Waals surface area contributed by atoms with Crippen LogP contribution in [0.3, 0.4) is 0 Å². The summed E-state index contributed by atoms with van der Waals surface area (Å²) in [6.07, 6.45) is 0. The second-order valence-corrected chi connectivity index (χ2v) is 3.26. The summed E-state index contributed by atoms with van der Waals surface area (Å²) in [6, 6.07) is 0. The fraction of sp³-hybridized carbons (Fsp3) is 0.250. The fourth-order valence-corrected chi connectivity index (χ4v) is 0. The molecule has 0 aromatic carbocycles. The van der Waals surface area contributed by atoms with E-state index in [2.05, 4.69) is 19.7 Å². The van der Waals surface area contributed by atoms with E-state index in [1.807, 2.05) is 0 Å². The van der Waals surface area contributed by atoms with Crippen LogP contribution in [0.5, 0.6) is 0 Å². The van der Waals surface area contributed by atoms with Gasteiger partial charge in [-0.05, 0) is 20.8 Å². The summed E-state index contributed by atoms with van der Waals surface area (Å²) in [6.45, 7) is 13.8. The maximum absolute atomic E-state index is 9.60. The van der Waals surface area contributed by atoms with Crippen LogP contribution in [0, 0.1) is 49.4 Å². The molecular weight excluding hydrogens is 392 g/mol. The molecule has 0 fully saturated rings. The number of aliphatic carboxylic acids is 3. The predicted molar refractivity (Wildman–Crippen MR) is 67.3 cm³/mol. The fourth-order valence-electron chi connectivity index (χ4n) is 0. The van der Waals surface area contributed by atoms with Crippen LogP contribution >= 0.6 is 0 Å². The van der Waals surface area contributed by atoms with Gasteiger partial charge < -0.3 is 15.3 Å². The molecule has 0 aliphatic rings. The third-order valence-electron chi connectivity index (χ3n) is 1.10. The number of hydrogen-bond acceptors (Lipinski definition) is 3. The van der Waals surface area contributed by atoms with E-state index in [-0.39, 0.29) is 66.1 Å². The zero-order valence-electron chi connectivity index (χ0n) is 11.1. The maximum atomic E-state index is 9.60. The minimum atomic E-state index is -0.935. The van der Waals surface area contributed by atoms with Crippen molar-refractivity contribution in [3.05, 3.63) is 36.5 Å². The molecule has 0 aliphatic heterocycles. The number of rotatable bonds is 3. The molecular formula is C12H18EuO6. The van der Waals surface area contributed by atoms with E-state index in [1.165, 1.54) is 20.8 Å². The van der Waals surface area contributed by atoms with Crippen LogP contribution in [0.25, 0.3) is 0 Å². The van der Waals surface area contributed by atoms with Gasteiger partial charge in [-0.3, -0.25) is 0 Å². The number of carboxylic acids is 3. The Morgan fingerprint density at radius 1 is 0.632 bits per heavy atom. The molecule has 0 aromatic heterocycles. The molecule has 1 radical (unpaired) electrons. The van der Waals surface area contributed by atoms with E-state index in [1.54, 1.807) is 0 Å². The van der Waals surface area contributed by atoms with Gasteiger partial charge in [-0.2, -0.15) is 0 Å². The van der Waals surface area contributed by atoms with Gasteiger partial charge in [-0.1, -0.05) is 19.7 Å². The summed E-state index contributed by atoms with van der Waals surface area (Å²) >= 11 is 0. The molecule has 7 heteroatoms. The summed E-state index contributed by atoms with van der Waals surface area (Å²) < 4.78 is 0. The van der Waals surface area contributed by atoms with E-state index in [0.717, 1.165) is 0 Å². The largest absolute Gasteiger partial charge is 0.478 e. The molecule has 3 N–H and O–H groups in total. The van der Waals surface area contributed by atoms with Crippen molar-refractivity contribution in [2.75, 3.05) is 0 Å². The van der Waals surface area contributed by atoms with Crippen LogP contribution in [-0.4, -0.2) is 33.2 Å². The molecule has 0 bridgehead atoms. The van der Waals surface area contributed by atoms with Crippen molar-refractivity contribution in [2.24, 2.45) is 0 Å². The molecule has 0 rings (SSSR count). The van der Waals surface area contributed by atoms with E-state index in [0.29, 0.717) is 0 Å². The predicted octanol–water partition coefficient (Wildman–Crippen LogP) is 1.94. The third-order valence-corrected chi connectivity index (χ3v) is 1.10. The molecule has 19 heavy (non-hydrogen) atoms. The quantitative estimate of drug-likeness (QED) is 0.614. The van der Waals surface area contributed by atoms with Gasteiger partial charge in [0.05, 0.1) is 0 Å². The first-order valence-electron chi connectivity index (χ1n) is 4.59. The Labute approximate surface area is 153 Å². The van der Waals surface area contributed by atoms with E-state index in [9.17, 15) is 14.4 Å². The van der Waals surface area contributed by atoms with Gasteiger partial charge in [-0.15, -0.1) is 0 Å². The Morgan fingerprint density at radius 2 is 0.684 bits per heavy atom. The van der Waals surface area contributed by atoms with Crippen molar-refractivity contribution in [3.8, 4) is 0 Å². The Kier molecular flexibility index (Phi) is 21.5. The minimum Gasteiger partial charge on any atom is -0.478 e. The summed E-state index contributed by atoms with van der Waals surface area (Å²) in [4.78, 5) is 28.8. The van der Waals surface area contributed by atoms with Crippen LogP contribution < -0.4 is 0 Å². The third kappa shape index (κ3) is 31.7. The molecule has 0 aromatic rings. The summed E-state index contributed by atoms with van der Waals surface area (Å²) in [7, 11) is 0. The first-order valence-corrected chi connectivity index (χ1v) is 4.59. The first-order chi connectivity index (χ1) is 7.93. The molecule has 0 atom stereocenters. The summed E-state index contributed by atoms with van der Waals surface area (Å²) in [5, 5.41) is 23.7. The van der Waals surface area contributed by atoms with Crippen LogP contribution in [-0.2, 0) is 14.4 Å². The molecule has 0 saturated carbocycles. The SMILES string of the molecule is C=C(C)C(=O)O.C=C(C)C(=O)O.C=C(C)C(=O)O.[Eu]. The van der Waals surface area contributed by atoms with Gasteiger partial charge in [0.25, 0.3) is 0 Å². The molecule has 0 spiro atoms. The van der Waals surface area contributed by atoms with Crippen LogP contribution in [0.1, 0.15) is 20.8 Å². The number of carboxylic acid groups (broad SMARTS) is 3. The van der Waals surface area contributed by atoms with Crippen molar-refractivity contribution in [2.45, 2.75) is 20.8 Å². The van der Waals surface area contributed by atoms with Crippen molar-refractivity contribution >= 4 is 17.9 Å². The molecule has 0 heterocycles. The molecule has 109 valence electrons. The summed E-state index contributed by atoms with van der Waals surface area (Å²) in [5.74, 6) is -2.81. The Balaban J connectivity index is -0.0000000865. The van der Waals surface area contributed by atoms with E-state index in [4.69, 9.17) is 15.3 Å². The smallest absolute Gasteiger partial charge is 0.330 e.